The largest absolute Gasteiger partial charge is 0.310 e. The van der Waals surface area contributed by atoms with Crippen LogP contribution < -0.4 is 5.32 Å². The van der Waals surface area contributed by atoms with Crippen LogP contribution in [-0.4, -0.2) is 6.54 Å². The molecular formula is C13H17BrFN. The molecule has 88 valence electrons. The molecule has 0 fully saturated rings. The van der Waals surface area contributed by atoms with Crippen LogP contribution in [0.4, 0.5) is 4.39 Å². The first-order valence-electron chi connectivity index (χ1n) is 5.48. The molecule has 1 N–H and O–H groups in total. The number of allylic oxidation sites excluding steroid dienone is 1. The molecule has 1 rings (SSSR count). The van der Waals surface area contributed by atoms with Crippen LogP contribution in [0.25, 0.3) is 0 Å². The van der Waals surface area contributed by atoms with Gasteiger partial charge in [-0.1, -0.05) is 25.1 Å². The van der Waals surface area contributed by atoms with Gasteiger partial charge in [0.25, 0.3) is 0 Å². The van der Waals surface area contributed by atoms with Crippen LogP contribution in [0.3, 0.4) is 0 Å². The minimum Gasteiger partial charge on any atom is -0.310 e. The average molecular weight is 286 g/mol. The van der Waals surface area contributed by atoms with Gasteiger partial charge in [0.15, 0.2) is 0 Å². The molecule has 0 saturated heterocycles. The molecule has 0 heterocycles. The van der Waals surface area contributed by atoms with Crippen LogP contribution in [0.2, 0.25) is 0 Å². The molecule has 3 heteroatoms. The summed E-state index contributed by atoms with van der Waals surface area (Å²) in [7, 11) is 0. The van der Waals surface area contributed by atoms with Crippen LogP contribution in [0, 0.1) is 5.82 Å². The zero-order valence-corrected chi connectivity index (χ0v) is 11.1. The molecular weight excluding hydrogens is 269 g/mol. The summed E-state index contributed by atoms with van der Waals surface area (Å²) in [6.07, 6.45) is 3.73. The Bertz CT molecular complexity index is 352. The third-order valence-corrected chi connectivity index (χ3v) is 3.30. The Balaban J connectivity index is 2.90. The number of nitrogens with one attached hydrogen (secondary N) is 1. The van der Waals surface area contributed by atoms with Gasteiger partial charge in [-0.3, -0.25) is 0 Å². The molecule has 1 aromatic rings. The van der Waals surface area contributed by atoms with Gasteiger partial charge in [0.05, 0.1) is 4.47 Å². The predicted octanol–water partition coefficient (Wildman–Crippen LogP) is 4.21. The molecule has 0 saturated carbocycles. The summed E-state index contributed by atoms with van der Waals surface area (Å²) in [4.78, 5) is 0. The summed E-state index contributed by atoms with van der Waals surface area (Å²) in [6.45, 7) is 6.63. The van der Waals surface area contributed by atoms with Crippen LogP contribution in [0.1, 0.15) is 31.4 Å². The van der Waals surface area contributed by atoms with Crippen molar-refractivity contribution in [1.29, 1.82) is 0 Å². The molecule has 0 aliphatic carbocycles. The van der Waals surface area contributed by atoms with E-state index < -0.39 is 0 Å². The van der Waals surface area contributed by atoms with Gasteiger partial charge in [-0.25, -0.2) is 4.39 Å². The van der Waals surface area contributed by atoms with E-state index in [2.05, 4.69) is 27.8 Å². The van der Waals surface area contributed by atoms with Crippen LogP contribution >= 0.6 is 15.9 Å². The SMILES string of the molecule is C=CCCC(NCC)c1cccc(F)c1Br. The number of hydrogen-bond acceptors (Lipinski definition) is 1. The van der Waals surface area contributed by atoms with Gasteiger partial charge in [0.1, 0.15) is 5.82 Å². The summed E-state index contributed by atoms with van der Waals surface area (Å²) >= 11 is 3.30. The first-order chi connectivity index (χ1) is 7.70. The zero-order chi connectivity index (χ0) is 12.0. The smallest absolute Gasteiger partial charge is 0.137 e. The molecule has 0 spiro atoms. The molecule has 1 aromatic carbocycles. The number of benzene rings is 1. The minimum atomic E-state index is -0.209. The van der Waals surface area contributed by atoms with E-state index in [0.29, 0.717) is 4.47 Å². The summed E-state index contributed by atoms with van der Waals surface area (Å²) in [6, 6.07) is 5.33. The minimum absolute atomic E-state index is 0.174. The van der Waals surface area contributed by atoms with Crippen molar-refractivity contribution in [2.24, 2.45) is 0 Å². The number of halogens is 2. The topological polar surface area (TPSA) is 12.0 Å². The van der Waals surface area contributed by atoms with Crippen LogP contribution in [-0.2, 0) is 0 Å². The van der Waals surface area contributed by atoms with Crippen molar-refractivity contribution in [2.75, 3.05) is 6.54 Å². The average Bonchev–Trinajstić information content (AvgIpc) is 2.28. The first kappa shape index (κ1) is 13.4. The van der Waals surface area contributed by atoms with Gasteiger partial charge in [-0.2, -0.15) is 0 Å². The van der Waals surface area contributed by atoms with Gasteiger partial charge in [0.2, 0.25) is 0 Å². The quantitative estimate of drug-likeness (QED) is 0.773. The van der Waals surface area contributed by atoms with E-state index >= 15 is 0 Å². The van der Waals surface area contributed by atoms with Crippen molar-refractivity contribution in [1.82, 2.24) is 5.32 Å². The van der Waals surface area contributed by atoms with E-state index in [1.807, 2.05) is 19.1 Å². The highest BCUT2D eigenvalue weighted by molar-refractivity contribution is 9.10. The van der Waals surface area contributed by atoms with Crippen molar-refractivity contribution >= 4 is 15.9 Å². The molecule has 0 aliphatic heterocycles. The Morgan fingerprint density at radius 3 is 2.94 bits per heavy atom. The third kappa shape index (κ3) is 3.42. The fraction of sp³-hybridized carbons (Fsp3) is 0.385. The monoisotopic (exact) mass is 285 g/mol. The molecule has 1 unspecified atom stereocenters. The van der Waals surface area contributed by atoms with E-state index in [0.717, 1.165) is 24.9 Å². The van der Waals surface area contributed by atoms with Crippen molar-refractivity contribution in [2.45, 2.75) is 25.8 Å². The van der Waals surface area contributed by atoms with E-state index in [1.165, 1.54) is 6.07 Å². The standard InChI is InChI=1S/C13H17BrFN/c1-3-5-9-12(16-4-2)10-7-6-8-11(15)13(10)14/h3,6-8,12,16H,1,4-5,9H2,2H3. The highest BCUT2D eigenvalue weighted by Gasteiger charge is 2.14. The van der Waals surface area contributed by atoms with Gasteiger partial charge >= 0.3 is 0 Å². The lowest BCUT2D eigenvalue weighted by atomic mass is 10.0. The van der Waals surface area contributed by atoms with Gasteiger partial charge in [0, 0.05) is 6.04 Å². The van der Waals surface area contributed by atoms with E-state index in [4.69, 9.17) is 0 Å². The molecule has 0 amide bonds. The first-order valence-corrected chi connectivity index (χ1v) is 6.28. The molecule has 1 atom stereocenters. The Kier molecular flexibility index (Phi) is 5.71. The van der Waals surface area contributed by atoms with Gasteiger partial charge in [-0.05, 0) is 46.9 Å². The lowest BCUT2D eigenvalue weighted by Crippen LogP contribution is -2.21. The maximum Gasteiger partial charge on any atom is 0.137 e. The predicted molar refractivity (Wildman–Crippen MR) is 69.9 cm³/mol. The van der Waals surface area contributed by atoms with Crippen molar-refractivity contribution in [3.63, 3.8) is 0 Å². The van der Waals surface area contributed by atoms with Crippen molar-refractivity contribution in [3.8, 4) is 0 Å². The van der Waals surface area contributed by atoms with Crippen molar-refractivity contribution < 1.29 is 4.39 Å². The highest BCUT2D eigenvalue weighted by Crippen LogP contribution is 2.28. The molecule has 0 aromatic heterocycles. The Morgan fingerprint density at radius 2 is 2.31 bits per heavy atom. The van der Waals surface area contributed by atoms with Crippen LogP contribution in [0.5, 0.6) is 0 Å². The highest BCUT2D eigenvalue weighted by atomic mass is 79.9. The molecule has 1 nitrogen and oxygen atoms in total. The van der Waals surface area contributed by atoms with E-state index in [-0.39, 0.29) is 11.9 Å². The third-order valence-electron chi connectivity index (χ3n) is 2.47. The second-order valence-electron chi connectivity index (χ2n) is 3.62. The number of rotatable bonds is 6. The zero-order valence-electron chi connectivity index (χ0n) is 9.47. The fourth-order valence-corrected chi connectivity index (χ4v) is 2.23. The summed E-state index contributed by atoms with van der Waals surface area (Å²) < 4.78 is 14.0. The lowest BCUT2D eigenvalue weighted by molar-refractivity contribution is 0.512. The Morgan fingerprint density at radius 1 is 1.56 bits per heavy atom. The lowest BCUT2D eigenvalue weighted by Gasteiger charge is -2.19. The molecule has 0 aliphatic rings. The van der Waals surface area contributed by atoms with Crippen molar-refractivity contribution in [3.05, 3.63) is 46.7 Å². The maximum atomic E-state index is 13.4. The summed E-state index contributed by atoms with van der Waals surface area (Å²) in [5.41, 5.74) is 0.976. The Hall–Kier alpha value is -0.670. The maximum absolute atomic E-state index is 13.4. The Labute approximate surface area is 105 Å². The second-order valence-corrected chi connectivity index (χ2v) is 4.41. The summed E-state index contributed by atoms with van der Waals surface area (Å²) in [5, 5.41) is 3.36. The molecule has 0 bridgehead atoms. The second kappa shape index (κ2) is 6.81. The van der Waals surface area contributed by atoms with Crippen LogP contribution in [0.15, 0.2) is 35.3 Å². The normalized spacial score (nSPS) is 12.4. The van der Waals surface area contributed by atoms with E-state index in [9.17, 15) is 4.39 Å². The van der Waals surface area contributed by atoms with Gasteiger partial charge in [-0.15, -0.1) is 6.58 Å². The van der Waals surface area contributed by atoms with Gasteiger partial charge < -0.3 is 5.32 Å². The fourth-order valence-electron chi connectivity index (χ4n) is 1.69. The summed E-state index contributed by atoms with van der Waals surface area (Å²) in [5.74, 6) is -0.209. The molecule has 0 radical (unpaired) electrons. The molecule has 16 heavy (non-hydrogen) atoms. The van der Waals surface area contributed by atoms with E-state index in [1.54, 1.807) is 6.07 Å². The number of hydrogen-bond donors (Lipinski definition) is 1.